The van der Waals surface area contributed by atoms with E-state index < -0.39 is 5.66 Å². The predicted octanol–water partition coefficient (Wildman–Crippen LogP) is -0.416. The summed E-state index contributed by atoms with van der Waals surface area (Å²) in [5.41, 5.74) is 5.83. The topological polar surface area (TPSA) is 91.5 Å². The lowest BCUT2D eigenvalue weighted by atomic mass is 10.0. The third-order valence-corrected chi connectivity index (χ3v) is 2.92. The number of benzene rings is 1. The Kier molecular flexibility index (Phi) is 1.87. The Morgan fingerprint density at radius 2 is 2.06 bits per heavy atom. The van der Waals surface area contributed by atoms with Gasteiger partial charge in [-0.1, -0.05) is 18.2 Å². The summed E-state index contributed by atoms with van der Waals surface area (Å²) < 4.78 is 0. The average Bonchev–Trinajstić information content (AvgIpc) is 2.51. The maximum atomic E-state index is 12.1. The van der Waals surface area contributed by atoms with Gasteiger partial charge in [0, 0.05) is 11.3 Å². The molecule has 1 atom stereocenters. The van der Waals surface area contributed by atoms with Crippen LogP contribution in [0.2, 0.25) is 0 Å². The zero-order valence-corrected chi connectivity index (χ0v) is 9.47. The van der Waals surface area contributed by atoms with Crippen LogP contribution in [0.3, 0.4) is 0 Å². The number of rotatable bonds is 0. The number of hydrogen-bond donors (Lipinski definition) is 4. The molecule has 86 valence electrons. The summed E-state index contributed by atoms with van der Waals surface area (Å²) in [7, 11) is 0. The summed E-state index contributed by atoms with van der Waals surface area (Å²) in [5, 5.41) is 8.55. The van der Waals surface area contributed by atoms with Crippen LogP contribution >= 0.6 is 12.2 Å². The predicted molar refractivity (Wildman–Crippen MR) is 67.2 cm³/mol. The highest BCUT2D eigenvalue weighted by molar-refractivity contribution is 7.80. The van der Waals surface area contributed by atoms with Crippen LogP contribution in [-0.2, 0) is 10.5 Å². The van der Waals surface area contributed by atoms with E-state index in [0.717, 1.165) is 5.56 Å². The van der Waals surface area contributed by atoms with Crippen LogP contribution in [0.15, 0.2) is 29.3 Å². The van der Waals surface area contributed by atoms with Crippen LogP contribution in [0.25, 0.3) is 0 Å². The highest BCUT2D eigenvalue weighted by Crippen LogP contribution is 2.37. The van der Waals surface area contributed by atoms with Gasteiger partial charge in [0.15, 0.2) is 11.1 Å². The van der Waals surface area contributed by atoms with Crippen molar-refractivity contribution < 1.29 is 4.79 Å². The fraction of sp³-hybridized carbons (Fsp3) is 0.100. The zero-order valence-electron chi connectivity index (χ0n) is 8.65. The van der Waals surface area contributed by atoms with Gasteiger partial charge in [0.2, 0.25) is 5.66 Å². The molecular weight excluding hydrogens is 238 g/mol. The van der Waals surface area contributed by atoms with Crippen molar-refractivity contribution in [3.05, 3.63) is 29.8 Å². The van der Waals surface area contributed by atoms with Crippen molar-refractivity contribution in [2.24, 2.45) is 10.7 Å². The van der Waals surface area contributed by atoms with E-state index in [2.05, 4.69) is 20.9 Å². The van der Waals surface area contributed by atoms with E-state index in [1.807, 2.05) is 18.2 Å². The maximum absolute atomic E-state index is 12.1. The lowest BCUT2D eigenvalue weighted by molar-refractivity contribution is -0.121. The summed E-state index contributed by atoms with van der Waals surface area (Å²) in [6.07, 6.45) is 0. The second-order valence-corrected chi connectivity index (χ2v) is 4.19. The number of fused-ring (bicyclic) bond motifs is 2. The average molecular weight is 247 g/mol. The Morgan fingerprint density at radius 1 is 1.29 bits per heavy atom. The molecular formula is C10H9N5OS. The highest BCUT2D eigenvalue weighted by Gasteiger charge is 2.49. The summed E-state index contributed by atoms with van der Waals surface area (Å²) in [4.78, 5) is 16.2. The van der Waals surface area contributed by atoms with E-state index in [1.54, 1.807) is 6.07 Å². The molecule has 1 amide bonds. The molecule has 1 aromatic rings. The van der Waals surface area contributed by atoms with Gasteiger partial charge >= 0.3 is 0 Å². The molecule has 2 aliphatic heterocycles. The van der Waals surface area contributed by atoms with Gasteiger partial charge in [-0.25, -0.2) is 4.99 Å². The molecule has 6 nitrogen and oxygen atoms in total. The number of thiocarbonyl (C=S) groups is 1. The van der Waals surface area contributed by atoms with Crippen molar-refractivity contribution in [3.8, 4) is 0 Å². The quantitative estimate of drug-likeness (QED) is 0.468. The van der Waals surface area contributed by atoms with Gasteiger partial charge in [-0.2, -0.15) is 0 Å². The van der Waals surface area contributed by atoms with E-state index in [0.29, 0.717) is 5.69 Å². The molecule has 2 aliphatic rings. The van der Waals surface area contributed by atoms with Crippen LogP contribution in [0, 0.1) is 0 Å². The van der Waals surface area contributed by atoms with E-state index in [9.17, 15) is 4.79 Å². The first-order chi connectivity index (χ1) is 8.12. The third-order valence-electron chi connectivity index (χ3n) is 2.72. The number of nitrogens with two attached hydrogens (primary N) is 1. The van der Waals surface area contributed by atoms with Crippen molar-refractivity contribution in [2.75, 3.05) is 5.32 Å². The number of amides is 1. The van der Waals surface area contributed by atoms with Gasteiger partial charge < -0.3 is 21.7 Å². The number of hydrogen-bond acceptors (Lipinski definition) is 4. The van der Waals surface area contributed by atoms with Crippen LogP contribution in [0.5, 0.6) is 0 Å². The van der Waals surface area contributed by atoms with E-state index in [-0.39, 0.29) is 17.0 Å². The van der Waals surface area contributed by atoms with Gasteiger partial charge in [-0.3, -0.25) is 4.79 Å². The molecule has 5 N–H and O–H groups in total. The third kappa shape index (κ3) is 1.29. The normalized spacial score (nSPS) is 25.8. The lowest BCUT2D eigenvalue weighted by Crippen LogP contribution is -2.60. The summed E-state index contributed by atoms with van der Waals surface area (Å²) in [6.45, 7) is 0. The van der Waals surface area contributed by atoms with Crippen LogP contribution in [0.4, 0.5) is 5.69 Å². The minimum Gasteiger partial charge on any atom is -0.370 e. The maximum Gasteiger partial charge on any atom is 0.278 e. The van der Waals surface area contributed by atoms with Crippen molar-refractivity contribution in [1.29, 1.82) is 0 Å². The van der Waals surface area contributed by atoms with Gasteiger partial charge in [0.1, 0.15) is 0 Å². The van der Waals surface area contributed by atoms with Crippen LogP contribution in [0.1, 0.15) is 5.56 Å². The van der Waals surface area contributed by atoms with Crippen molar-refractivity contribution in [2.45, 2.75) is 5.66 Å². The number of aliphatic imine (C=N–C) groups is 1. The number of guanidine groups is 1. The fourth-order valence-electron chi connectivity index (χ4n) is 2.03. The Labute approximate surface area is 102 Å². The lowest BCUT2D eigenvalue weighted by Gasteiger charge is -2.30. The molecule has 0 bridgehead atoms. The molecule has 17 heavy (non-hydrogen) atoms. The van der Waals surface area contributed by atoms with E-state index in [1.165, 1.54) is 0 Å². The number of carbonyl (C=O) groups is 1. The second-order valence-electron chi connectivity index (χ2n) is 3.79. The molecule has 7 heteroatoms. The van der Waals surface area contributed by atoms with Crippen molar-refractivity contribution in [3.63, 3.8) is 0 Å². The molecule has 0 unspecified atom stereocenters. The van der Waals surface area contributed by atoms with E-state index in [4.69, 9.17) is 18.0 Å². The molecule has 0 fully saturated rings. The van der Waals surface area contributed by atoms with Crippen LogP contribution in [-0.4, -0.2) is 17.0 Å². The first-order valence-electron chi connectivity index (χ1n) is 4.97. The zero-order chi connectivity index (χ0) is 12.0. The number of para-hydroxylation sites is 1. The van der Waals surface area contributed by atoms with E-state index >= 15 is 0 Å². The molecule has 0 radical (unpaired) electrons. The molecule has 0 aromatic heterocycles. The monoisotopic (exact) mass is 247 g/mol. The Hall–Kier alpha value is -2.15. The van der Waals surface area contributed by atoms with Gasteiger partial charge in [-0.05, 0) is 18.3 Å². The summed E-state index contributed by atoms with van der Waals surface area (Å²) in [6, 6.07) is 7.29. The molecule has 0 saturated heterocycles. The number of carbonyl (C=O) groups excluding carboxylic acids is 1. The molecule has 3 rings (SSSR count). The molecule has 1 spiro atoms. The largest absolute Gasteiger partial charge is 0.370 e. The van der Waals surface area contributed by atoms with Gasteiger partial charge in [0.05, 0.1) is 0 Å². The number of nitrogens with zero attached hydrogens (tertiary/aromatic N) is 1. The standard InChI is InChI=1S/C10H9N5OS/c11-8-13-9(17)15-10(14-8)5-3-1-2-4-6(5)12-7(10)16/h1-4H,(H,12,16)(H4,11,13,14,15,17)/t10-/m1/s1. The Bertz CT molecular complexity index is 570. The van der Waals surface area contributed by atoms with Crippen molar-refractivity contribution >= 4 is 34.9 Å². The van der Waals surface area contributed by atoms with Gasteiger partial charge in [-0.15, -0.1) is 0 Å². The summed E-state index contributed by atoms with van der Waals surface area (Å²) >= 11 is 5.01. The number of anilines is 1. The summed E-state index contributed by atoms with van der Waals surface area (Å²) in [5.74, 6) is -0.161. The molecule has 2 heterocycles. The molecule has 1 aromatic carbocycles. The minimum atomic E-state index is -1.23. The first kappa shape index (κ1) is 10.0. The fourth-order valence-corrected chi connectivity index (χ4v) is 2.28. The highest BCUT2D eigenvalue weighted by atomic mass is 32.1. The van der Waals surface area contributed by atoms with Crippen LogP contribution < -0.4 is 21.7 Å². The SMILES string of the molecule is NC1=N[C@]2(NC(=S)N1)C(=O)Nc1ccccc12. The first-order valence-corrected chi connectivity index (χ1v) is 5.38. The number of nitrogens with one attached hydrogen (secondary N) is 3. The van der Waals surface area contributed by atoms with Gasteiger partial charge in [0.25, 0.3) is 5.91 Å². The molecule has 0 aliphatic carbocycles. The Balaban J connectivity index is 2.23. The molecule has 0 saturated carbocycles. The second kappa shape index (κ2) is 3.17. The minimum absolute atomic E-state index is 0.126. The Morgan fingerprint density at radius 3 is 2.82 bits per heavy atom. The smallest absolute Gasteiger partial charge is 0.278 e. The van der Waals surface area contributed by atoms with Crippen molar-refractivity contribution in [1.82, 2.24) is 10.6 Å².